The van der Waals surface area contributed by atoms with Gasteiger partial charge in [-0.3, -0.25) is 19.7 Å². The molecule has 6 heteroatoms. The molecule has 3 heterocycles. The van der Waals surface area contributed by atoms with E-state index in [9.17, 15) is 4.79 Å². The maximum Gasteiger partial charge on any atom is 0.272 e. The standard InChI is InChI=1S/C16H18N4O2/c21-16(15-3-1-2-6-19-15)20-9-10-22-12-14(20)5-4-13-11-17-7-8-18-13/h1-3,6-8,11,14H,4-5,9-10,12H2. The van der Waals surface area contributed by atoms with E-state index in [0.29, 0.717) is 25.5 Å². The molecule has 2 aromatic rings. The molecule has 1 saturated heterocycles. The van der Waals surface area contributed by atoms with E-state index in [1.807, 2.05) is 17.0 Å². The van der Waals surface area contributed by atoms with Crippen LogP contribution in [0.25, 0.3) is 0 Å². The molecule has 0 spiro atoms. The highest BCUT2D eigenvalue weighted by atomic mass is 16.5. The van der Waals surface area contributed by atoms with Crippen LogP contribution < -0.4 is 0 Å². The SMILES string of the molecule is O=C(c1ccccn1)N1CCOCC1CCc1cnccn1. The Bertz CT molecular complexity index is 606. The average Bonchev–Trinajstić information content (AvgIpc) is 2.61. The third kappa shape index (κ3) is 3.46. The summed E-state index contributed by atoms with van der Waals surface area (Å²) in [5, 5.41) is 0. The second-order valence-corrected chi connectivity index (χ2v) is 5.18. The van der Waals surface area contributed by atoms with Crippen molar-refractivity contribution in [3.63, 3.8) is 0 Å². The minimum atomic E-state index is -0.0342. The van der Waals surface area contributed by atoms with Gasteiger partial charge in [0.25, 0.3) is 5.91 Å². The van der Waals surface area contributed by atoms with Crippen LogP contribution in [-0.2, 0) is 11.2 Å². The lowest BCUT2D eigenvalue weighted by Crippen LogP contribution is -2.49. The minimum Gasteiger partial charge on any atom is -0.377 e. The number of aryl methyl sites for hydroxylation is 1. The second kappa shape index (κ2) is 7.09. The molecule has 0 saturated carbocycles. The molecule has 1 amide bonds. The summed E-state index contributed by atoms with van der Waals surface area (Å²) < 4.78 is 5.54. The van der Waals surface area contributed by atoms with Crippen molar-refractivity contribution < 1.29 is 9.53 Å². The lowest BCUT2D eigenvalue weighted by atomic mass is 10.1. The van der Waals surface area contributed by atoms with Crippen molar-refractivity contribution in [1.29, 1.82) is 0 Å². The highest BCUT2D eigenvalue weighted by molar-refractivity contribution is 5.92. The Hall–Kier alpha value is -2.34. The first-order valence-corrected chi connectivity index (χ1v) is 7.39. The van der Waals surface area contributed by atoms with Crippen LogP contribution in [0.1, 0.15) is 22.6 Å². The van der Waals surface area contributed by atoms with E-state index in [-0.39, 0.29) is 11.9 Å². The molecule has 1 unspecified atom stereocenters. The molecule has 0 radical (unpaired) electrons. The number of aromatic nitrogens is 3. The lowest BCUT2D eigenvalue weighted by Gasteiger charge is -2.35. The Morgan fingerprint density at radius 1 is 1.27 bits per heavy atom. The molecule has 1 fully saturated rings. The van der Waals surface area contributed by atoms with Gasteiger partial charge in [-0.05, 0) is 25.0 Å². The van der Waals surface area contributed by atoms with Crippen LogP contribution in [-0.4, -0.2) is 51.6 Å². The van der Waals surface area contributed by atoms with Crippen LogP contribution >= 0.6 is 0 Å². The third-order valence-electron chi connectivity index (χ3n) is 3.72. The van der Waals surface area contributed by atoms with Gasteiger partial charge in [-0.25, -0.2) is 0 Å². The van der Waals surface area contributed by atoms with Gasteiger partial charge in [-0.15, -0.1) is 0 Å². The van der Waals surface area contributed by atoms with Crippen LogP contribution in [0.2, 0.25) is 0 Å². The third-order valence-corrected chi connectivity index (χ3v) is 3.72. The van der Waals surface area contributed by atoms with Gasteiger partial charge in [0.15, 0.2) is 0 Å². The summed E-state index contributed by atoms with van der Waals surface area (Å²) >= 11 is 0. The van der Waals surface area contributed by atoms with Crippen molar-refractivity contribution in [3.8, 4) is 0 Å². The molecular formula is C16H18N4O2. The molecule has 1 aliphatic rings. The molecule has 2 aromatic heterocycles. The van der Waals surface area contributed by atoms with E-state index in [1.165, 1.54) is 0 Å². The number of morpholine rings is 1. The molecular weight excluding hydrogens is 280 g/mol. The number of carbonyl (C=O) groups excluding carboxylic acids is 1. The first-order chi connectivity index (χ1) is 10.8. The minimum absolute atomic E-state index is 0.0342. The fourth-order valence-electron chi connectivity index (χ4n) is 2.57. The molecule has 1 aliphatic heterocycles. The van der Waals surface area contributed by atoms with Gasteiger partial charge >= 0.3 is 0 Å². The first kappa shape index (κ1) is 14.6. The molecule has 0 aliphatic carbocycles. The van der Waals surface area contributed by atoms with E-state index in [0.717, 1.165) is 18.5 Å². The lowest BCUT2D eigenvalue weighted by molar-refractivity contribution is -0.00443. The van der Waals surface area contributed by atoms with Crippen molar-refractivity contribution in [2.45, 2.75) is 18.9 Å². The van der Waals surface area contributed by atoms with Gasteiger partial charge in [0.2, 0.25) is 0 Å². The summed E-state index contributed by atoms with van der Waals surface area (Å²) in [6.07, 6.45) is 8.32. The number of pyridine rings is 1. The normalized spacial score (nSPS) is 18.2. The summed E-state index contributed by atoms with van der Waals surface area (Å²) in [6, 6.07) is 5.43. The first-order valence-electron chi connectivity index (χ1n) is 7.39. The maximum atomic E-state index is 12.6. The van der Waals surface area contributed by atoms with Gasteiger partial charge in [0.1, 0.15) is 5.69 Å². The highest BCUT2D eigenvalue weighted by Gasteiger charge is 2.28. The number of hydrogen-bond donors (Lipinski definition) is 0. The van der Waals surface area contributed by atoms with E-state index in [4.69, 9.17) is 4.74 Å². The Labute approximate surface area is 129 Å². The summed E-state index contributed by atoms with van der Waals surface area (Å²) in [4.78, 5) is 27.0. The monoisotopic (exact) mass is 298 g/mol. The molecule has 0 bridgehead atoms. The number of carbonyl (C=O) groups is 1. The molecule has 114 valence electrons. The van der Waals surface area contributed by atoms with E-state index in [1.54, 1.807) is 30.9 Å². The van der Waals surface area contributed by atoms with Crippen molar-refractivity contribution in [1.82, 2.24) is 19.9 Å². The van der Waals surface area contributed by atoms with Gasteiger partial charge in [0.05, 0.1) is 24.9 Å². The predicted octanol–water partition coefficient (Wildman–Crippen LogP) is 1.35. The Morgan fingerprint density at radius 3 is 3.00 bits per heavy atom. The average molecular weight is 298 g/mol. The second-order valence-electron chi connectivity index (χ2n) is 5.18. The van der Waals surface area contributed by atoms with Gasteiger partial charge in [0, 0.05) is 31.3 Å². The molecule has 1 atom stereocenters. The van der Waals surface area contributed by atoms with Gasteiger partial charge < -0.3 is 9.64 Å². The zero-order valence-corrected chi connectivity index (χ0v) is 12.3. The molecule has 0 N–H and O–H groups in total. The fraction of sp³-hybridized carbons (Fsp3) is 0.375. The number of hydrogen-bond acceptors (Lipinski definition) is 5. The van der Waals surface area contributed by atoms with Crippen LogP contribution in [0.15, 0.2) is 43.0 Å². The quantitative estimate of drug-likeness (QED) is 0.852. The van der Waals surface area contributed by atoms with Crippen molar-refractivity contribution in [2.75, 3.05) is 19.8 Å². The van der Waals surface area contributed by atoms with Crippen molar-refractivity contribution >= 4 is 5.91 Å². The van der Waals surface area contributed by atoms with Gasteiger partial charge in [-0.2, -0.15) is 0 Å². The fourth-order valence-corrected chi connectivity index (χ4v) is 2.57. The topological polar surface area (TPSA) is 68.2 Å². The Kier molecular flexibility index (Phi) is 4.70. The summed E-state index contributed by atoms with van der Waals surface area (Å²) in [5.41, 5.74) is 1.41. The Morgan fingerprint density at radius 2 is 2.23 bits per heavy atom. The largest absolute Gasteiger partial charge is 0.377 e. The number of ether oxygens (including phenoxy) is 1. The van der Waals surface area contributed by atoms with Crippen LogP contribution in [0.5, 0.6) is 0 Å². The van der Waals surface area contributed by atoms with Crippen molar-refractivity contribution in [3.05, 3.63) is 54.4 Å². The summed E-state index contributed by atoms with van der Waals surface area (Å²) in [7, 11) is 0. The smallest absolute Gasteiger partial charge is 0.272 e. The molecule has 3 rings (SSSR count). The van der Waals surface area contributed by atoms with Crippen LogP contribution in [0.3, 0.4) is 0 Å². The van der Waals surface area contributed by atoms with Crippen molar-refractivity contribution in [2.24, 2.45) is 0 Å². The predicted molar refractivity (Wildman–Crippen MR) is 80.2 cm³/mol. The zero-order chi connectivity index (χ0) is 15.2. The molecule has 6 nitrogen and oxygen atoms in total. The van der Waals surface area contributed by atoms with Gasteiger partial charge in [-0.1, -0.05) is 6.07 Å². The number of rotatable bonds is 4. The molecule has 0 aromatic carbocycles. The van der Waals surface area contributed by atoms with Crippen LogP contribution in [0.4, 0.5) is 0 Å². The summed E-state index contributed by atoms with van der Waals surface area (Å²) in [6.45, 7) is 1.72. The summed E-state index contributed by atoms with van der Waals surface area (Å²) in [5.74, 6) is -0.0342. The maximum absolute atomic E-state index is 12.6. The van der Waals surface area contributed by atoms with E-state index in [2.05, 4.69) is 15.0 Å². The number of amides is 1. The Balaban J connectivity index is 1.67. The van der Waals surface area contributed by atoms with E-state index < -0.39 is 0 Å². The zero-order valence-electron chi connectivity index (χ0n) is 12.3. The van der Waals surface area contributed by atoms with E-state index >= 15 is 0 Å². The molecule has 22 heavy (non-hydrogen) atoms. The number of nitrogens with zero attached hydrogens (tertiary/aromatic N) is 4. The highest BCUT2D eigenvalue weighted by Crippen LogP contribution is 2.15. The van der Waals surface area contributed by atoms with Crippen LogP contribution in [0, 0.1) is 0 Å².